The third-order valence-electron chi connectivity index (χ3n) is 16.4. The molecule has 1 unspecified atom stereocenters. The summed E-state index contributed by atoms with van der Waals surface area (Å²) in [5, 5.41) is 14.9. The van der Waals surface area contributed by atoms with E-state index in [-0.39, 0.29) is 54.0 Å². The number of amides is 4. The van der Waals surface area contributed by atoms with Gasteiger partial charge >= 0.3 is 0 Å². The summed E-state index contributed by atoms with van der Waals surface area (Å²) in [5.74, 6) is -0.293. The maximum absolute atomic E-state index is 14.8. The van der Waals surface area contributed by atoms with E-state index in [1.165, 1.54) is 48.2 Å². The van der Waals surface area contributed by atoms with Gasteiger partial charge in [-0.2, -0.15) is 5.10 Å². The number of benzene rings is 2. The highest BCUT2D eigenvalue weighted by atomic mass is 32.2. The molecule has 2 aromatic heterocycles. The summed E-state index contributed by atoms with van der Waals surface area (Å²) in [4.78, 5) is 85.6. The van der Waals surface area contributed by atoms with Crippen LogP contribution in [0.2, 0.25) is 0 Å². The molecular weight excluding hydrogens is 1030 g/mol. The first-order valence-electron chi connectivity index (χ1n) is 28.2. The van der Waals surface area contributed by atoms with Crippen molar-refractivity contribution in [1.29, 1.82) is 0 Å². The van der Waals surface area contributed by atoms with Gasteiger partial charge in [-0.15, -0.1) is 11.8 Å². The maximum atomic E-state index is 14.8. The summed E-state index contributed by atoms with van der Waals surface area (Å²) >= 11 is 1.51. The number of likely N-dealkylation sites (tertiary alicyclic amines) is 2. The molecule has 2 bridgehead atoms. The zero-order valence-electron chi connectivity index (χ0n) is 46.0. The normalized spacial score (nSPS) is 20.4. The van der Waals surface area contributed by atoms with Crippen molar-refractivity contribution >= 4 is 57.7 Å². The van der Waals surface area contributed by atoms with Gasteiger partial charge in [0.2, 0.25) is 23.6 Å². The van der Waals surface area contributed by atoms with E-state index in [0.29, 0.717) is 83.7 Å². The Hall–Kier alpha value is -6.45. The summed E-state index contributed by atoms with van der Waals surface area (Å²) in [6, 6.07) is 9.60. The number of carbonyl (C=O) groups is 5. The number of nitrogens with one attached hydrogen (secondary N) is 3. The van der Waals surface area contributed by atoms with Crippen LogP contribution in [0.3, 0.4) is 0 Å². The van der Waals surface area contributed by atoms with Crippen molar-refractivity contribution in [2.24, 2.45) is 10.9 Å². The number of nitrogen functional groups attached to an aromatic ring is 1. The Kier molecular flexibility index (Phi) is 19.0. The van der Waals surface area contributed by atoms with Crippen LogP contribution in [-0.2, 0) is 27.5 Å². The number of nitrogens with two attached hydrogens (primary N) is 1. The summed E-state index contributed by atoms with van der Waals surface area (Å²) in [6.07, 6.45) is 12.8. The zero-order chi connectivity index (χ0) is 55.7. The van der Waals surface area contributed by atoms with Crippen molar-refractivity contribution in [3.8, 4) is 17.0 Å². The highest BCUT2D eigenvalue weighted by Crippen LogP contribution is 2.44. The number of anilines is 2. The number of likely N-dealkylation sites (N-methyl/N-ethyl adjacent to an activating group) is 1. The number of aliphatic imine (C=N–C) groups is 1. The molecule has 7 heterocycles. The molecule has 3 saturated heterocycles. The number of ether oxygens (including phenoxy) is 1. The topological polar surface area (TPSA) is 213 Å². The molecule has 79 heavy (non-hydrogen) atoms. The van der Waals surface area contributed by atoms with Crippen molar-refractivity contribution in [1.82, 2.24) is 45.4 Å². The minimum atomic E-state index is -0.667. The lowest BCUT2D eigenvalue weighted by atomic mass is 9.88. The quantitative estimate of drug-likeness (QED) is 0.0501. The Morgan fingerprint density at radius 3 is 2.37 bits per heavy atom. The first kappa shape index (κ1) is 57.2. The minimum Gasteiger partial charge on any atom is -0.481 e. The smallest absolute Gasteiger partial charge is 0.254 e. The second-order valence-corrected chi connectivity index (χ2v) is 22.7. The number of thioether (sulfide) groups is 1. The Morgan fingerprint density at radius 1 is 0.886 bits per heavy atom. The molecule has 0 saturated carbocycles. The molecule has 0 radical (unpaired) electrons. The highest BCUT2D eigenvalue weighted by molar-refractivity contribution is 8.14. The summed E-state index contributed by atoms with van der Waals surface area (Å²) in [7, 11) is 5.01. The maximum Gasteiger partial charge on any atom is 0.254 e. The van der Waals surface area contributed by atoms with Crippen LogP contribution in [0, 0.1) is 17.6 Å². The van der Waals surface area contributed by atoms with Gasteiger partial charge in [-0.05, 0) is 145 Å². The van der Waals surface area contributed by atoms with E-state index in [2.05, 4.69) is 30.7 Å². The fourth-order valence-electron chi connectivity index (χ4n) is 12.0. The van der Waals surface area contributed by atoms with Gasteiger partial charge in [-0.3, -0.25) is 29.0 Å². The highest BCUT2D eigenvalue weighted by Gasteiger charge is 2.43. The average molecular weight is 1110 g/mol. The molecule has 4 aromatic rings. The summed E-state index contributed by atoms with van der Waals surface area (Å²) in [6.45, 7) is 6.45. The molecule has 4 amide bonds. The Bertz CT molecular complexity index is 2880. The van der Waals surface area contributed by atoms with Crippen LogP contribution >= 0.6 is 11.8 Å². The van der Waals surface area contributed by atoms with Gasteiger partial charge in [0.05, 0.1) is 60.3 Å². The number of unbranched alkanes of at least 4 members (excludes halogenated alkanes) is 5. The summed E-state index contributed by atoms with van der Waals surface area (Å²) in [5.41, 5.74) is 10.7. The molecular formula is C58H76F2N12O6S. The van der Waals surface area contributed by atoms with Crippen LogP contribution in [0.4, 0.5) is 20.3 Å². The van der Waals surface area contributed by atoms with Crippen LogP contribution in [0.25, 0.3) is 11.1 Å². The monoisotopic (exact) mass is 1110 g/mol. The van der Waals surface area contributed by atoms with Crippen LogP contribution in [0.15, 0.2) is 59.7 Å². The second-order valence-electron chi connectivity index (χ2n) is 21.7. The molecule has 5 atom stereocenters. The van der Waals surface area contributed by atoms with E-state index in [9.17, 15) is 32.8 Å². The first-order valence-corrected chi connectivity index (χ1v) is 29.2. The van der Waals surface area contributed by atoms with Crippen molar-refractivity contribution in [2.45, 2.75) is 134 Å². The lowest BCUT2D eigenvalue weighted by Gasteiger charge is -2.38. The molecule has 5 aliphatic rings. The molecule has 5 aliphatic heterocycles. The summed E-state index contributed by atoms with van der Waals surface area (Å²) < 4.78 is 36.0. The van der Waals surface area contributed by atoms with Crippen LogP contribution in [-0.4, -0.2) is 154 Å². The number of hydrogen-bond donors (Lipinski definition) is 4. The number of halogens is 2. The number of Topliss-reactive ketones (excluding diaryl/α,β-unsaturated/α-hetero) is 1. The number of rotatable bonds is 21. The molecule has 0 aliphatic carbocycles. The number of piperidine rings is 1. The van der Waals surface area contributed by atoms with E-state index in [1.54, 1.807) is 50.0 Å². The molecule has 0 spiro atoms. The number of hydrogen-bond acceptors (Lipinski definition) is 14. The average Bonchev–Trinajstić information content (AvgIpc) is 4.36. The molecule has 424 valence electrons. The lowest BCUT2D eigenvalue weighted by Crippen LogP contribution is -2.58. The number of pyridine rings is 1. The van der Waals surface area contributed by atoms with E-state index >= 15 is 0 Å². The molecule has 3 fully saturated rings. The third kappa shape index (κ3) is 13.3. The Balaban J connectivity index is 0.710. The van der Waals surface area contributed by atoms with Gasteiger partial charge in [0.25, 0.3) is 5.91 Å². The largest absolute Gasteiger partial charge is 0.481 e. The molecule has 21 heteroatoms. The van der Waals surface area contributed by atoms with E-state index in [4.69, 9.17) is 20.6 Å². The van der Waals surface area contributed by atoms with Crippen molar-refractivity contribution in [2.75, 3.05) is 76.9 Å². The number of aromatic nitrogens is 3. The number of ketones is 1. The second kappa shape index (κ2) is 26.2. The SMILES string of the molecule is CN[C@H](C)C(=O)N[C@@H](C(=O)N1CCC[C@@H]1C1=NC(C(=O)c2ccc(F)cc2)CS1)C1CCN(CCCCCCCCC(=O)NCCn2nc3c(c2OC)-c2cnc(N)c(c2)N2CCC[C@@H]2c2cc(F)ccc2C(=O)N(C)C3)CC1. The number of methoxy groups -OCH3 is 1. The van der Waals surface area contributed by atoms with Gasteiger partial charge in [0.15, 0.2) is 5.78 Å². The fourth-order valence-corrected chi connectivity index (χ4v) is 13.2. The molecule has 9 rings (SSSR count). The van der Waals surface area contributed by atoms with Crippen LogP contribution < -0.4 is 31.3 Å². The van der Waals surface area contributed by atoms with Crippen molar-refractivity contribution in [3.63, 3.8) is 0 Å². The Morgan fingerprint density at radius 2 is 1.61 bits per heavy atom. The van der Waals surface area contributed by atoms with Crippen molar-refractivity contribution < 1.29 is 37.5 Å². The van der Waals surface area contributed by atoms with Crippen LogP contribution in [0.5, 0.6) is 5.88 Å². The molecule has 5 N–H and O–H groups in total. The van der Waals surface area contributed by atoms with Crippen molar-refractivity contribution in [3.05, 3.63) is 88.7 Å². The Labute approximate surface area is 466 Å². The molecule has 18 nitrogen and oxygen atoms in total. The zero-order valence-corrected chi connectivity index (χ0v) is 46.8. The predicted molar refractivity (Wildman–Crippen MR) is 302 cm³/mol. The predicted octanol–water partition coefficient (Wildman–Crippen LogP) is 6.78. The third-order valence-corrected chi connectivity index (χ3v) is 17.6. The van der Waals surface area contributed by atoms with Gasteiger partial charge in [-0.1, -0.05) is 25.7 Å². The number of carbonyl (C=O) groups excluding carboxylic acids is 5. The van der Waals surface area contributed by atoms with Gasteiger partial charge in [0, 0.05) is 61.7 Å². The number of fused-ring (bicyclic) bond motifs is 8. The minimum absolute atomic E-state index is 0.0196. The number of nitrogens with zero attached hydrogens (tertiary/aromatic N) is 8. The van der Waals surface area contributed by atoms with E-state index in [0.717, 1.165) is 107 Å². The van der Waals surface area contributed by atoms with Gasteiger partial charge < -0.3 is 46.0 Å². The van der Waals surface area contributed by atoms with E-state index < -0.39 is 29.8 Å². The lowest BCUT2D eigenvalue weighted by molar-refractivity contribution is -0.138. The van der Waals surface area contributed by atoms with E-state index in [1.807, 2.05) is 11.0 Å². The van der Waals surface area contributed by atoms with Crippen LogP contribution in [0.1, 0.15) is 128 Å². The van der Waals surface area contributed by atoms with Gasteiger partial charge in [0.1, 0.15) is 29.5 Å². The van der Waals surface area contributed by atoms with Gasteiger partial charge in [-0.25, -0.2) is 18.4 Å². The molecule has 2 aromatic carbocycles. The first-order chi connectivity index (χ1) is 38.2. The fraction of sp³-hybridized carbons (Fsp3) is 0.552. The standard InChI is InChI=1S/C58H76F2N12O6S/c1-36(62-2)54(75)66-51(57(77)71-27-12-14-47(71)55-65-45(35-79-55)52(74)38-16-18-40(59)19-17-38)37-22-28-69(29-23-37)25-10-8-6-5-7-9-15-49(73)63-24-30-72-58(78-4)50-39-31-48(53(61)64-33-39)70-26-11-13-46(70)43-32-41(60)20-21-42(43)56(76)68(3)34-44(50)67-72/h16-21,31-33,36-37,45-47,51,62H,5-15,22-30,34-35H2,1-4H3,(H2,61,64)(H,63,73)(H,66,75)/t36-,45?,46-,47-,51-/m1/s1.